The van der Waals surface area contributed by atoms with E-state index in [1.807, 2.05) is 0 Å². The standard InChI is InChI=1S/C20H11BrClN5O5/c21-14-7-11(8-15(22)18(14)32-17-6-5-12(10-23-17)27(30)31)9-24-26-19(28)13-3-1-2-4-16(13)25-20(26)29/h1-10H,(H,25,29). The summed E-state index contributed by atoms with van der Waals surface area (Å²) in [5.41, 5.74) is -0.520. The van der Waals surface area contributed by atoms with Crippen molar-refractivity contribution >= 4 is 50.3 Å². The van der Waals surface area contributed by atoms with Gasteiger partial charge in [-0.2, -0.15) is 5.10 Å². The minimum atomic E-state index is -0.681. The summed E-state index contributed by atoms with van der Waals surface area (Å²) in [6.07, 6.45) is 2.37. The molecule has 0 aliphatic heterocycles. The molecule has 4 rings (SSSR count). The molecular weight excluding hydrogens is 506 g/mol. The Labute approximate surface area is 192 Å². The summed E-state index contributed by atoms with van der Waals surface area (Å²) in [5, 5.41) is 15.2. The minimum absolute atomic E-state index is 0.105. The molecule has 0 atom stereocenters. The molecule has 0 saturated heterocycles. The number of nitro groups is 1. The first-order chi connectivity index (χ1) is 15.3. The van der Waals surface area contributed by atoms with Gasteiger partial charge in [0.15, 0.2) is 5.75 Å². The van der Waals surface area contributed by atoms with Gasteiger partial charge in [0.25, 0.3) is 11.2 Å². The molecule has 160 valence electrons. The second kappa shape index (κ2) is 8.73. The number of nitrogens with zero attached hydrogens (tertiary/aromatic N) is 4. The number of rotatable bonds is 5. The maximum atomic E-state index is 12.6. The summed E-state index contributed by atoms with van der Waals surface area (Å²) in [4.78, 5) is 41.4. The first-order valence-electron chi connectivity index (χ1n) is 8.89. The summed E-state index contributed by atoms with van der Waals surface area (Å²) >= 11 is 9.64. The first-order valence-corrected chi connectivity index (χ1v) is 10.1. The van der Waals surface area contributed by atoms with Gasteiger partial charge >= 0.3 is 5.69 Å². The zero-order valence-corrected chi connectivity index (χ0v) is 18.2. The van der Waals surface area contributed by atoms with Crippen molar-refractivity contribution in [1.29, 1.82) is 0 Å². The largest absolute Gasteiger partial charge is 0.436 e. The van der Waals surface area contributed by atoms with Crippen molar-refractivity contribution in [2.24, 2.45) is 5.10 Å². The number of aromatic nitrogens is 3. The van der Waals surface area contributed by atoms with Gasteiger partial charge in [-0.1, -0.05) is 23.7 Å². The Morgan fingerprint density at radius 2 is 2.00 bits per heavy atom. The van der Waals surface area contributed by atoms with Crippen LogP contribution in [0.3, 0.4) is 0 Å². The third-order valence-corrected chi connectivity index (χ3v) is 5.13. The molecule has 0 aliphatic carbocycles. The number of hydrogen-bond donors (Lipinski definition) is 1. The van der Waals surface area contributed by atoms with E-state index in [9.17, 15) is 19.7 Å². The number of aromatic amines is 1. The lowest BCUT2D eigenvalue weighted by Gasteiger charge is -2.09. The van der Waals surface area contributed by atoms with Crippen LogP contribution in [-0.2, 0) is 0 Å². The molecule has 2 aromatic heterocycles. The number of ether oxygens (including phenoxy) is 1. The molecule has 1 N–H and O–H groups in total. The normalized spacial score (nSPS) is 11.2. The van der Waals surface area contributed by atoms with Crippen LogP contribution < -0.4 is 16.0 Å². The van der Waals surface area contributed by atoms with Crippen molar-refractivity contribution in [2.75, 3.05) is 0 Å². The van der Waals surface area contributed by atoms with Crippen LogP contribution in [0.1, 0.15) is 5.56 Å². The van der Waals surface area contributed by atoms with E-state index < -0.39 is 16.2 Å². The number of nitrogens with one attached hydrogen (secondary N) is 1. The molecule has 12 heteroatoms. The Morgan fingerprint density at radius 3 is 2.69 bits per heavy atom. The number of fused-ring (bicyclic) bond motifs is 1. The molecule has 2 heterocycles. The number of para-hydroxylation sites is 1. The zero-order chi connectivity index (χ0) is 22.8. The van der Waals surface area contributed by atoms with Gasteiger partial charge in [0.2, 0.25) is 5.88 Å². The van der Waals surface area contributed by atoms with Crippen LogP contribution in [0.15, 0.2) is 73.9 Å². The van der Waals surface area contributed by atoms with Crippen molar-refractivity contribution in [3.63, 3.8) is 0 Å². The van der Waals surface area contributed by atoms with Crippen molar-refractivity contribution in [1.82, 2.24) is 14.6 Å². The second-order valence-corrected chi connectivity index (χ2v) is 7.63. The quantitative estimate of drug-likeness (QED) is 0.241. The van der Waals surface area contributed by atoms with Crippen LogP contribution in [0.2, 0.25) is 5.02 Å². The predicted molar refractivity (Wildman–Crippen MR) is 122 cm³/mol. The molecular formula is C20H11BrClN5O5. The van der Waals surface area contributed by atoms with Gasteiger partial charge in [-0.3, -0.25) is 14.9 Å². The number of pyridine rings is 1. The summed E-state index contributed by atoms with van der Waals surface area (Å²) in [6, 6.07) is 12.3. The van der Waals surface area contributed by atoms with E-state index in [2.05, 4.69) is 31.0 Å². The van der Waals surface area contributed by atoms with Crippen LogP contribution in [0.5, 0.6) is 11.6 Å². The fourth-order valence-electron chi connectivity index (χ4n) is 2.78. The molecule has 0 bridgehead atoms. The summed E-state index contributed by atoms with van der Waals surface area (Å²) < 4.78 is 6.77. The van der Waals surface area contributed by atoms with E-state index in [0.29, 0.717) is 20.9 Å². The molecule has 0 amide bonds. The molecule has 2 aromatic carbocycles. The van der Waals surface area contributed by atoms with Crippen molar-refractivity contribution in [3.05, 3.63) is 101 Å². The van der Waals surface area contributed by atoms with E-state index >= 15 is 0 Å². The van der Waals surface area contributed by atoms with Gasteiger partial charge in [-0.15, -0.1) is 4.68 Å². The molecule has 32 heavy (non-hydrogen) atoms. The van der Waals surface area contributed by atoms with E-state index in [0.717, 1.165) is 10.9 Å². The molecule has 4 aromatic rings. The Kier molecular flexibility index (Phi) is 5.84. The third kappa shape index (κ3) is 4.29. The highest BCUT2D eigenvalue weighted by Gasteiger charge is 2.13. The van der Waals surface area contributed by atoms with Crippen LogP contribution in [0.4, 0.5) is 5.69 Å². The molecule has 0 radical (unpaired) electrons. The van der Waals surface area contributed by atoms with Gasteiger partial charge in [-0.25, -0.2) is 9.78 Å². The Morgan fingerprint density at radius 1 is 1.22 bits per heavy atom. The van der Waals surface area contributed by atoms with Crippen LogP contribution in [0, 0.1) is 10.1 Å². The number of H-pyrrole nitrogens is 1. The van der Waals surface area contributed by atoms with Crippen molar-refractivity contribution in [3.8, 4) is 11.6 Å². The fraction of sp³-hybridized carbons (Fsp3) is 0. The molecule has 0 fully saturated rings. The summed E-state index contributed by atoms with van der Waals surface area (Å²) in [5.74, 6) is 0.333. The van der Waals surface area contributed by atoms with Crippen LogP contribution >= 0.6 is 27.5 Å². The maximum Gasteiger partial charge on any atom is 0.349 e. The molecule has 10 nitrogen and oxygen atoms in total. The van der Waals surface area contributed by atoms with E-state index in [1.165, 1.54) is 24.4 Å². The highest BCUT2D eigenvalue weighted by atomic mass is 79.9. The average molecular weight is 517 g/mol. The van der Waals surface area contributed by atoms with E-state index in [1.54, 1.807) is 30.3 Å². The summed E-state index contributed by atoms with van der Waals surface area (Å²) in [7, 11) is 0. The highest BCUT2D eigenvalue weighted by molar-refractivity contribution is 9.10. The maximum absolute atomic E-state index is 12.6. The lowest BCUT2D eigenvalue weighted by Crippen LogP contribution is -2.32. The topological polar surface area (TPSA) is 132 Å². The Bertz CT molecular complexity index is 1470. The second-order valence-electron chi connectivity index (χ2n) is 6.36. The van der Waals surface area contributed by atoms with Crippen LogP contribution in [-0.4, -0.2) is 25.8 Å². The SMILES string of the molecule is O=c1[nH]c2ccccc2c(=O)n1N=Cc1cc(Cl)c(Oc2ccc([N+](=O)[O-])cn2)c(Br)c1. The lowest BCUT2D eigenvalue weighted by molar-refractivity contribution is -0.385. The zero-order valence-electron chi connectivity index (χ0n) is 15.9. The Balaban J connectivity index is 1.63. The third-order valence-electron chi connectivity index (χ3n) is 4.26. The lowest BCUT2D eigenvalue weighted by atomic mass is 10.2. The van der Waals surface area contributed by atoms with Gasteiger partial charge in [0.05, 0.1) is 31.5 Å². The Hall–Kier alpha value is -3.83. The van der Waals surface area contributed by atoms with E-state index in [4.69, 9.17) is 16.3 Å². The van der Waals surface area contributed by atoms with Gasteiger partial charge in [-0.05, 0) is 45.8 Å². The number of benzene rings is 2. The van der Waals surface area contributed by atoms with Crippen molar-refractivity contribution in [2.45, 2.75) is 0 Å². The van der Waals surface area contributed by atoms with Gasteiger partial charge in [0, 0.05) is 12.1 Å². The molecule has 0 aliphatic rings. The number of halogens is 2. The average Bonchev–Trinajstić information content (AvgIpc) is 2.76. The fourth-order valence-corrected chi connectivity index (χ4v) is 3.72. The highest BCUT2D eigenvalue weighted by Crippen LogP contribution is 2.37. The molecule has 0 unspecified atom stereocenters. The first kappa shape index (κ1) is 21.4. The van der Waals surface area contributed by atoms with Gasteiger partial charge < -0.3 is 9.72 Å². The monoisotopic (exact) mass is 515 g/mol. The van der Waals surface area contributed by atoms with Crippen LogP contribution in [0.25, 0.3) is 10.9 Å². The number of hydrogen-bond acceptors (Lipinski definition) is 7. The summed E-state index contributed by atoms with van der Waals surface area (Å²) in [6.45, 7) is 0. The smallest absolute Gasteiger partial charge is 0.349 e. The minimum Gasteiger partial charge on any atom is -0.436 e. The van der Waals surface area contributed by atoms with Gasteiger partial charge in [0.1, 0.15) is 6.20 Å². The van der Waals surface area contributed by atoms with E-state index in [-0.39, 0.29) is 22.3 Å². The molecule has 0 saturated carbocycles. The van der Waals surface area contributed by atoms with Crippen molar-refractivity contribution < 1.29 is 9.66 Å². The molecule has 0 spiro atoms. The predicted octanol–water partition coefficient (Wildman–Crippen LogP) is 4.08.